The molecule has 0 unspecified atom stereocenters. The maximum atomic E-state index is 13.5. The van der Waals surface area contributed by atoms with Crippen molar-refractivity contribution in [2.24, 2.45) is 0 Å². The van der Waals surface area contributed by atoms with Crippen LogP contribution in [0, 0.1) is 15.9 Å². The molecule has 0 radical (unpaired) electrons. The van der Waals surface area contributed by atoms with Crippen LogP contribution in [0.3, 0.4) is 0 Å². The zero-order valence-corrected chi connectivity index (χ0v) is 21.0. The van der Waals surface area contributed by atoms with Gasteiger partial charge in [0.05, 0.1) is 4.92 Å². The number of rotatable bonds is 6. The Morgan fingerprint density at radius 1 is 1.00 bits per heavy atom. The highest BCUT2D eigenvalue weighted by Gasteiger charge is 2.38. The predicted octanol–water partition coefficient (Wildman–Crippen LogP) is 6.51. The minimum Gasteiger partial charge on any atom is -0.382 e. The Morgan fingerprint density at radius 2 is 1.73 bits per heavy atom. The highest BCUT2D eigenvalue weighted by molar-refractivity contribution is 7.19. The maximum absolute atomic E-state index is 13.5. The molecule has 1 saturated carbocycles. The average Bonchev–Trinajstić information content (AvgIpc) is 3.25. The van der Waals surface area contributed by atoms with E-state index in [4.69, 9.17) is 0 Å². The van der Waals surface area contributed by atoms with Crippen LogP contribution in [-0.2, 0) is 12.7 Å². The Morgan fingerprint density at radius 3 is 2.41 bits per heavy atom. The number of nitro benzene ring substituents is 1. The van der Waals surface area contributed by atoms with Crippen molar-refractivity contribution in [2.45, 2.75) is 50.5 Å². The van der Waals surface area contributed by atoms with E-state index in [9.17, 15) is 27.7 Å². The van der Waals surface area contributed by atoms with Crippen molar-refractivity contribution in [2.75, 3.05) is 31.5 Å². The maximum Gasteiger partial charge on any atom is 0.423 e. The van der Waals surface area contributed by atoms with E-state index in [0.29, 0.717) is 6.04 Å². The van der Waals surface area contributed by atoms with Gasteiger partial charge in [-0.1, -0.05) is 0 Å². The number of nitro groups is 1. The number of anilines is 1. The van der Waals surface area contributed by atoms with Crippen LogP contribution >= 0.6 is 11.3 Å². The number of fused-ring (bicyclic) bond motifs is 1. The van der Waals surface area contributed by atoms with Crippen LogP contribution in [0.4, 0.5) is 28.9 Å². The molecule has 0 amide bonds. The van der Waals surface area contributed by atoms with Crippen molar-refractivity contribution in [3.63, 3.8) is 0 Å². The lowest BCUT2D eigenvalue weighted by Gasteiger charge is -2.42. The first-order valence-corrected chi connectivity index (χ1v) is 13.2. The summed E-state index contributed by atoms with van der Waals surface area (Å²) in [5, 5.41) is 15.1. The molecule has 6 nitrogen and oxygen atoms in total. The van der Waals surface area contributed by atoms with Crippen LogP contribution in [0.1, 0.15) is 36.1 Å². The lowest BCUT2D eigenvalue weighted by Crippen LogP contribution is -2.51. The van der Waals surface area contributed by atoms with Gasteiger partial charge in [-0.05, 0) is 67.5 Å². The summed E-state index contributed by atoms with van der Waals surface area (Å²) in [5.74, 6) is -0.214. The average molecular weight is 537 g/mol. The topological polar surface area (TPSA) is 61.7 Å². The van der Waals surface area contributed by atoms with Crippen molar-refractivity contribution in [3.05, 3.63) is 68.8 Å². The quantitative estimate of drug-likeness (QED) is 0.221. The number of thiophene rings is 1. The summed E-state index contributed by atoms with van der Waals surface area (Å²) < 4.78 is 54.4. The summed E-state index contributed by atoms with van der Waals surface area (Å²) in [5.41, 5.74) is -1.89. The molecule has 1 aromatic heterocycles. The number of hydrogen-bond donors (Lipinski definition) is 1. The third-order valence-corrected chi connectivity index (χ3v) is 8.50. The first-order valence-electron chi connectivity index (χ1n) is 12.4. The summed E-state index contributed by atoms with van der Waals surface area (Å²) in [7, 11) is 0. The van der Waals surface area contributed by atoms with E-state index in [-0.39, 0.29) is 17.5 Å². The molecule has 0 bridgehead atoms. The highest BCUT2D eigenvalue weighted by Crippen LogP contribution is 2.38. The Labute approximate surface area is 216 Å². The monoisotopic (exact) mass is 536 g/mol. The molecule has 1 N–H and O–H groups in total. The van der Waals surface area contributed by atoms with Crippen molar-refractivity contribution in [1.82, 2.24) is 9.80 Å². The molecule has 2 aromatic carbocycles. The van der Waals surface area contributed by atoms with E-state index in [1.807, 2.05) is 6.07 Å². The van der Waals surface area contributed by atoms with E-state index in [2.05, 4.69) is 21.2 Å². The van der Waals surface area contributed by atoms with Gasteiger partial charge in [0, 0.05) is 66.1 Å². The Hall–Kier alpha value is -2.76. The molecular weight excluding hydrogens is 508 g/mol. The molecule has 2 heterocycles. The Kier molecular flexibility index (Phi) is 7.37. The van der Waals surface area contributed by atoms with Gasteiger partial charge >= 0.3 is 6.18 Å². The van der Waals surface area contributed by atoms with Gasteiger partial charge in [-0.15, -0.1) is 11.3 Å². The fraction of sp³-hybridized carbons (Fsp3) is 0.462. The van der Waals surface area contributed by atoms with Gasteiger partial charge in [0.2, 0.25) is 0 Å². The summed E-state index contributed by atoms with van der Waals surface area (Å²) in [6, 6.07) is 10.6. The van der Waals surface area contributed by atoms with Gasteiger partial charge in [0.25, 0.3) is 5.69 Å². The number of piperazine rings is 1. The Bertz CT molecular complexity index is 1270. The molecular formula is C26H28F4N4O2S. The zero-order valence-electron chi connectivity index (χ0n) is 20.1. The van der Waals surface area contributed by atoms with Crippen molar-refractivity contribution < 1.29 is 22.5 Å². The summed E-state index contributed by atoms with van der Waals surface area (Å²) in [6.07, 6.45) is -1.20. The second-order valence-corrected chi connectivity index (χ2v) is 11.0. The molecule has 5 rings (SSSR count). The molecule has 198 valence electrons. The zero-order chi connectivity index (χ0) is 26.2. The smallest absolute Gasteiger partial charge is 0.382 e. The van der Waals surface area contributed by atoms with Crippen LogP contribution in [0.25, 0.3) is 10.1 Å². The minimum absolute atomic E-state index is 0.0397. The molecule has 11 heteroatoms. The first-order chi connectivity index (χ1) is 17.7. The van der Waals surface area contributed by atoms with Crippen LogP contribution < -0.4 is 5.32 Å². The molecule has 2 aliphatic rings. The van der Waals surface area contributed by atoms with E-state index in [1.165, 1.54) is 17.0 Å². The van der Waals surface area contributed by atoms with Crippen LogP contribution in [-0.4, -0.2) is 53.0 Å². The van der Waals surface area contributed by atoms with Gasteiger partial charge in [-0.25, -0.2) is 4.39 Å². The van der Waals surface area contributed by atoms with E-state index < -0.39 is 22.4 Å². The first kappa shape index (κ1) is 25.9. The number of benzene rings is 2. The van der Waals surface area contributed by atoms with Crippen LogP contribution in [0.5, 0.6) is 0 Å². The molecule has 0 atom stereocenters. The lowest BCUT2D eigenvalue weighted by atomic mass is 9.89. The number of nitrogens with zero attached hydrogens (tertiary/aromatic N) is 3. The molecule has 37 heavy (non-hydrogen) atoms. The Balaban J connectivity index is 1.10. The summed E-state index contributed by atoms with van der Waals surface area (Å²) in [6.45, 7) is 4.73. The molecule has 1 saturated heterocycles. The van der Waals surface area contributed by atoms with E-state index >= 15 is 0 Å². The lowest BCUT2D eigenvalue weighted by molar-refractivity contribution is -0.388. The third kappa shape index (κ3) is 6.05. The van der Waals surface area contributed by atoms with Crippen molar-refractivity contribution in [1.29, 1.82) is 0 Å². The molecule has 0 spiro atoms. The third-order valence-electron chi connectivity index (χ3n) is 7.40. The minimum atomic E-state index is -4.78. The van der Waals surface area contributed by atoms with Crippen LogP contribution in [0.2, 0.25) is 0 Å². The molecule has 3 aromatic rings. The second kappa shape index (κ2) is 10.5. The van der Waals surface area contributed by atoms with Crippen molar-refractivity contribution in [3.8, 4) is 0 Å². The van der Waals surface area contributed by atoms with E-state index in [1.54, 1.807) is 17.4 Å². The summed E-state index contributed by atoms with van der Waals surface area (Å²) in [4.78, 5) is 16.2. The SMILES string of the molecule is O=[N+]([O-])c1ccc(NC2CCC(N3CCN(Cc4cc5cc(F)ccc5s4)CC3)CC2)cc1C(F)(F)F. The van der Waals surface area contributed by atoms with Gasteiger partial charge in [0.1, 0.15) is 11.4 Å². The van der Waals surface area contributed by atoms with Gasteiger partial charge < -0.3 is 5.32 Å². The van der Waals surface area contributed by atoms with Crippen LogP contribution in [0.15, 0.2) is 42.5 Å². The molecule has 1 aliphatic heterocycles. The normalized spacial score (nSPS) is 21.8. The molecule has 2 fully saturated rings. The number of nitrogens with one attached hydrogen (secondary N) is 1. The standard InChI is InChI=1S/C26H28F4N4O2S/c27-18-1-8-25-17(13-18)14-22(37-25)16-32-9-11-33(12-10-32)21-5-2-19(3-6-21)31-20-4-7-24(34(35)36)23(15-20)26(28,29)30/h1,4,7-8,13-15,19,21,31H,2-3,5-6,9-12,16H2. The fourth-order valence-electron chi connectivity index (χ4n) is 5.49. The van der Waals surface area contributed by atoms with Gasteiger partial charge in [-0.2, -0.15) is 13.2 Å². The largest absolute Gasteiger partial charge is 0.423 e. The van der Waals surface area contributed by atoms with Gasteiger partial charge in [-0.3, -0.25) is 19.9 Å². The summed E-state index contributed by atoms with van der Waals surface area (Å²) >= 11 is 1.71. The van der Waals surface area contributed by atoms with Gasteiger partial charge in [0.15, 0.2) is 0 Å². The van der Waals surface area contributed by atoms with Crippen molar-refractivity contribution >= 4 is 32.8 Å². The molecule has 1 aliphatic carbocycles. The van der Waals surface area contributed by atoms with E-state index in [0.717, 1.165) is 80.6 Å². The predicted molar refractivity (Wildman–Crippen MR) is 136 cm³/mol. The number of hydrogen-bond acceptors (Lipinski definition) is 6. The number of halogens is 4. The highest BCUT2D eigenvalue weighted by atomic mass is 32.1. The fourth-order valence-corrected chi connectivity index (χ4v) is 6.57. The second-order valence-electron chi connectivity index (χ2n) is 9.84. The number of alkyl halides is 3.